The Kier molecular flexibility index (Phi) is 5.41. The molecule has 1 atom stereocenters. The molecule has 0 saturated carbocycles. The molecule has 1 saturated heterocycles. The quantitative estimate of drug-likeness (QED) is 0.709. The first-order chi connectivity index (χ1) is 8.06. The first-order valence-corrected chi connectivity index (χ1v) is 6.23. The molecule has 1 fully saturated rings. The van der Waals surface area contributed by atoms with E-state index in [1.807, 2.05) is 13.8 Å². The number of carbonyl (C=O) groups excluding carboxylic acids is 2. The molecule has 0 aromatic heterocycles. The van der Waals surface area contributed by atoms with Crippen molar-refractivity contribution in [3.05, 3.63) is 0 Å². The van der Waals surface area contributed by atoms with Gasteiger partial charge in [0.2, 0.25) is 5.91 Å². The molecule has 17 heavy (non-hydrogen) atoms. The van der Waals surface area contributed by atoms with Gasteiger partial charge in [0.15, 0.2) is 0 Å². The Morgan fingerprint density at radius 1 is 1.59 bits per heavy atom. The van der Waals surface area contributed by atoms with Crippen LogP contribution in [0.25, 0.3) is 0 Å². The minimum Gasteiger partial charge on any atom is -0.466 e. The predicted molar refractivity (Wildman–Crippen MR) is 64.5 cm³/mol. The van der Waals surface area contributed by atoms with Gasteiger partial charge in [0.05, 0.1) is 19.1 Å². The third kappa shape index (κ3) is 4.00. The van der Waals surface area contributed by atoms with Crippen LogP contribution in [0.3, 0.4) is 0 Å². The maximum absolute atomic E-state index is 11.7. The lowest BCUT2D eigenvalue weighted by atomic mass is 9.99. The molecule has 0 aromatic rings. The fraction of sp³-hybridized carbons (Fsp3) is 0.833. The van der Waals surface area contributed by atoms with Crippen LogP contribution in [-0.4, -0.2) is 49.1 Å². The number of nitrogens with one attached hydrogen (secondary N) is 1. The summed E-state index contributed by atoms with van der Waals surface area (Å²) in [5, 5.41) is 2.86. The number of hydrogen-bond donors (Lipinski definition) is 1. The summed E-state index contributed by atoms with van der Waals surface area (Å²) in [6, 6.07) is -0.127. The van der Waals surface area contributed by atoms with Crippen molar-refractivity contribution >= 4 is 11.9 Å². The summed E-state index contributed by atoms with van der Waals surface area (Å²) < 4.78 is 4.89. The van der Waals surface area contributed by atoms with Gasteiger partial charge in [0.1, 0.15) is 0 Å². The van der Waals surface area contributed by atoms with Gasteiger partial charge in [-0.1, -0.05) is 13.8 Å². The number of hydrogen-bond acceptors (Lipinski definition) is 4. The Morgan fingerprint density at radius 3 is 2.88 bits per heavy atom. The monoisotopic (exact) mass is 242 g/mol. The van der Waals surface area contributed by atoms with Crippen molar-refractivity contribution in [2.75, 3.05) is 26.2 Å². The smallest absolute Gasteiger partial charge is 0.307 e. The second kappa shape index (κ2) is 6.59. The van der Waals surface area contributed by atoms with Crippen LogP contribution in [0.15, 0.2) is 0 Å². The predicted octanol–water partition coefficient (Wildman–Crippen LogP) is 0.396. The highest BCUT2D eigenvalue weighted by atomic mass is 16.5. The van der Waals surface area contributed by atoms with E-state index in [9.17, 15) is 9.59 Å². The van der Waals surface area contributed by atoms with E-state index < -0.39 is 0 Å². The number of esters is 1. The van der Waals surface area contributed by atoms with E-state index in [-0.39, 0.29) is 23.8 Å². The van der Waals surface area contributed by atoms with E-state index in [2.05, 4.69) is 10.2 Å². The van der Waals surface area contributed by atoms with Crippen LogP contribution in [0, 0.1) is 5.92 Å². The zero-order valence-electron chi connectivity index (χ0n) is 10.9. The molecule has 0 aromatic carbocycles. The molecule has 0 radical (unpaired) electrons. The zero-order chi connectivity index (χ0) is 12.8. The second-order valence-corrected chi connectivity index (χ2v) is 4.57. The third-order valence-electron chi connectivity index (χ3n) is 2.90. The summed E-state index contributed by atoms with van der Waals surface area (Å²) in [7, 11) is 0. The fourth-order valence-electron chi connectivity index (χ4n) is 2.18. The molecule has 1 aliphatic heterocycles. The van der Waals surface area contributed by atoms with Gasteiger partial charge in [-0.3, -0.25) is 14.5 Å². The van der Waals surface area contributed by atoms with E-state index in [1.54, 1.807) is 6.92 Å². The lowest BCUT2D eigenvalue weighted by Crippen LogP contribution is -2.57. The maximum Gasteiger partial charge on any atom is 0.307 e. The van der Waals surface area contributed by atoms with Crippen molar-refractivity contribution in [3.8, 4) is 0 Å². The number of amides is 1. The minimum atomic E-state index is -0.194. The first-order valence-electron chi connectivity index (χ1n) is 6.23. The van der Waals surface area contributed by atoms with Crippen molar-refractivity contribution < 1.29 is 14.3 Å². The maximum atomic E-state index is 11.7. The summed E-state index contributed by atoms with van der Waals surface area (Å²) in [5.41, 5.74) is 0. The van der Waals surface area contributed by atoms with E-state index in [4.69, 9.17) is 4.74 Å². The summed E-state index contributed by atoms with van der Waals surface area (Å²) >= 11 is 0. The number of carbonyl (C=O) groups is 2. The topological polar surface area (TPSA) is 58.6 Å². The Balaban J connectivity index is 2.49. The van der Waals surface area contributed by atoms with Crippen molar-refractivity contribution in [2.24, 2.45) is 5.92 Å². The molecular formula is C12H22N2O3. The van der Waals surface area contributed by atoms with Crippen LogP contribution in [0.4, 0.5) is 0 Å². The van der Waals surface area contributed by atoms with Crippen molar-refractivity contribution in [2.45, 2.75) is 33.2 Å². The molecule has 0 spiro atoms. The highest BCUT2D eigenvalue weighted by Gasteiger charge is 2.31. The lowest BCUT2D eigenvalue weighted by Gasteiger charge is -2.37. The van der Waals surface area contributed by atoms with Gasteiger partial charge < -0.3 is 10.1 Å². The average Bonchev–Trinajstić information content (AvgIpc) is 2.26. The van der Waals surface area contributed by atoms with Crippen molar-refractivity contribution in [1.29, 1.82) is 0 Å². The number of nitrogens with zero attached hydrogens (tertiary/aromatic N) is 1. The van der Waals surface area contributed by atoms with E-state index in [1.165, 1.54) is 0 Å². The lowest BCUT2D eigenvalue weighted by molar-refractivity contribution is -0.144. The van der Waals surface area contributed by atoms with Gasteiger partial charge in [0, 0.05) is 19.6 Å². The summed E-state index contributed by atoms with van der Waals surface area (Å²) in [6.07, 6.45) is 0.352. The normalized spacial score (nSPS) is 21.4. The zero-order valence-corrected chi connectivity index (χ0v) is 10.9. The molecule has 98 valence electrons. The largest absolute Gasteiger partial charge is 0.466 e. The SMILES string of the molecule is CCOC(=O)CCN1CCNC(=O)[C@H]1C(C)C. The van der Waals surface area contributed by atoms with Crippen molar-refractivity contribution in [3.63, 3.8) is 0 Å². The second-order valence-electron chi connectivity index (χ2n) is 4.57. The van der Waals surface area contributed by atoms with Crippen LogP contribution in [-0.2, 0) is 14.3 Å². The Morgan fingerprint density at radius 2 is 2.29 bits per heavy atom. The molecule has 1 heterocycles. The molecular weight excluding hydrogens is 220 g/mol. The van der Waals surface area contributed by atoms with Gasteiger partial charge in [-0.2, -0.15) is 0 Å². The van der Waals surface area contributed by atoms with Crippen LogP contribution in [0.1, 0.15) is 27.2 Å². The Hall–Kier alpha value is -1.10. The average molecular weight is 242 g/mol. The standard InChI is InChI=1S/C12H22N2O3/c1-4-17-10(15)5-7-14-8-6-13-12(16)11(14)9(2)3/h9,11H,4-8H2,1-3H3,(H,13,16)/t11-/m1/s1. The summed E-state index contributed by atoms with van der Waals surface area (Å²) in [5.74, 6) is 0.119. The van der Waals surface area contributed by atoms with Gasteiger partial charge in [-0.05, 0) is 12.8 Å². The highest BCUT2D eigenvalue weighted by Crippen LogP contribution is 2.14. The summed E-state index contributed by atoms with van der Waals surface area (Å²) in [6.45, 7) is 8.30. The van der Waals surface area contributed by atoms with E-state index >= 15 is 0 Å². The molecule has 0 aliphatic carbocycles. The molecule has 0 bridgehead atoms. The number of ether oxygens (including phenoxy) is 1. The molecule has 1 N–H and O–H groups in total. The van der Waals surface area contributed by atoms with Gasteiger partial charge in [-0.15, -0.1) is 0 Å². The highest BCUT2D eigenvalue weighted by molar-refractivity contribution is 5.82. The number of piperazine rings is 1. The number of rotatable bonds is 5. The van der Waals surface area contributed by atoms with Crippen LogP contribution in [0.5, 0.6) is 0 Å². The van der Waals surface area contributed by atoms with E-state index in [0.717, 1.165) is 6.54 Å². The third-order valence-corrected chi connectivity index (χ3v) is 2.90. The molecule has 0 unspecified atom stereocenters. The Bertz CT molecular complexity index is 279. The van der Waals surface area contributed by atoms with E-state index in [0.29, 0.717) is 26.1 Å². The van der Waals surface area contributed by atoms with Gasteiger partial charge in [-0.25, -0.2) is 0 Å². The molecule has 1 amide bonds. The van der Waals surface area contributed by atoms with Crippen LogP contribution < -0.4 is 5.32 Å². The minimum absolute atomic E-state index is 0.0649. The molecule has 5 heteroatoms. The van der Waals surface area contributed by atoms with Crippen LogP contribution >= 0.6 is 0 Å². The van der Waals surface area contributed by atoms with Crippen LogP contribution in [0.2, 0.25) is 0 Å². The fourth-order valence-corrected chi connectivity index (χ4v) is 2.18. The molecule has 5 nitrogen and oxygen atoms in total. The van der Waals surface area contributed by atoms with Gasteiger partial charge in [0.25, 0.3) is 0 Å². The molecule has 1 rings (SSSR count). The van der Waals surface area contributed by atoms with Gasteiger partial charge >= 0.3 is 5.97 Å². The Labute approximate surface area is 102 Å². The first kappa shape index (κ1) is 14.0. The molecule has 1 aliphatic rings. The van der Waals surface area contributed by atoms with Crippen molar-refractivity contribution in [1.82, 2.24) is 10.2 Å². The summed E-state index contributed by atoms with van der Waals surface area (Å²) in [4.78, 5) is 25.1.